The maximum absolute atomic E-state index is 13.1. The highest BCUT2D eigenvalue weighted by molar-refractivity contribution is 7.89. The molecule has 0 radical (unpaired) electrons. The van der Waals surface area contributed by atoms with Crippen molar-refractivity contribution in [2.45, 2.75) is 42.9 Å². The molecule has 3 aromatic rings. The summed E-state index contributed by atoms with van der Waals surface area (Å²) < 4.78 is 38.0. The minimum atomic E-state index is -3.66. The Hall–Kier alpha value is -2.46. The molecule has 1 atom stereocenters. The van der Waals surface area contributed by atoms with Gasteiger partial charge in [-0.25, -0.2) is 13.2 Å². The minimum Gasteiger partial charge on any atom is -0.408 e. The number of nitrogens with one attached hydrogen (secondary N) is 1. The number of H-pyrrole nitrogens is 1. The van der Waals surface area contributed by atoms with Crippen LogP contribution in [-0.4, -0.2) is 40.9 Å². The Labute approximate surface area is 160 Å². The molecule has 1 aliphatic carbocycles. The molecule has 2 fully saturated rings. The number of aromatic nitrogens is 3. The summed E-state index contributed by atoms with van der Waals surface area (Å²) in [6.45, 7) is 0.874. The lowest BCUT2D eigenvalue weighted by Crippen LogP contribution is -2.40. The molecule has 0 spiro atoms. The van der Waals surface area contributed by atoms with Gasteiger partial charge in [0.15, 0.2) is 11.4 Å². The molecular weight excluding hydrogens is 384 g/mol. The van der Waals surface area contributed by atoms with Crippen molar-refractivity contribution in [2.75, 3.05) is 13.1 Å². The number of fused-ring (bicyclic) bond motifs is 1. The number of piperidine rings is 1. The molecule has 1 saturated carbocycles. The van der Waals surface area contributed by atoms with E-state index < -0.39 is 15.8 Å². The van der Waals surface area contributed by atoms with Crippen LogP contribution in [0.25, 0.3) is 11.1 Å². The zero-order valence-corrected chi connectivity index (χ0v) is 15.9. The third-order valence-electron chi connectivity index (χ3n) is 5.40. The number of sulfonamides is 1. The number of hydrogen-bond acceptors (Lipinski definition) is 7. The van der Waals surface area contributed by atoms with Gasteiger partial charge in [-0.05, 0) is 49.8 Å². The highest BCUT2D eigenvalue weighted by Crippen LogP contribution is 2.38. The van der Waals surface area contributed by atoms with Crippen molar-refractivity contribution < 1.29 is 17.4 Å². The molecule has 5 rings (SSSR count). The van der Waals surface area contributed by atoms with Gasteiger partial charge in [-0.15, -0.1) is 0 Å². The lowest BCUT2D eigenvalue weighted by Gasteiger charge is -2.31. The van der Waals surface area contributed by atoms with E-state index in [1.54, 1.807) is 0 Å². The fraction of sp³-hybridized carbons (Fsp3) is 0.500. The van der Waals surface area contributed by atoms with Crippen LogP contribution in [-0.2, 0) is 16.4 Å². The second kappa shape index (κ2) is 6.56. The maximum Gasteiger partial charge on any atom is 0.417 e. The SMILES string of the molecule is O=c1[nH]c2cc(S(=O)(=O)N3CCCC(Cc4nc(C5CC5)no4)C3)ccc2o1. The average Bonchev–Trinajstić information content (AvgIpc) is 3.31. The second-order valence-corrected chi connectivity index (χ2v) is 9.51. The first-order chi connectivity index (χ1) is 13.5. The molecule has 1 aliphatic heterocycles. The molecule has 1 unspecified atom stereocenters. The number of oxazole rings is 1. The monoisotopic (exact) mass is 404 g/mol. The van der Waals surface area contributed by atoms with Crippen molar-refractivity contribution in [1.82, 2.24) is 19.4 Å². The first kappa shape index (κ1) is 17.6. The first-order valence-electron chi connectivity index (χ1n) is 9.44. The minimum absolute atomic E-state index is 0.133. The predicted octanol–water partition coefficient (Wildman–Crippen LogP) is 2.02. The van der Waals surface area contributed by atoms with Gasteiger partial charge in [0, 0.05) is 25.4 Å². The zero-order valence-electron chi connectivity index (χ0n) is 15.1. The highest BCUT2D eigenvalue weighted by Gasteiger charge is 2.33. The first-order valence-corrected chi connectivity index (χ1v) is 10.9. The van der Waals surface area contributed by atoms with Crippen LogP contribution in [0.15, 0.2) is 36.8 Å². The summed E-state index contributed by atoms with van der Waals surface area (Å²) in [5.74, 6) is 1.33. The van der Waals surface area contributed by atoms with Crippen molar-refractivity contribution in [2.24, 2.45) is 5.92 Å². The summed E-state index contributed by atoms with van der Waals surface area (Å²) >= 11 is 0. The molecule has 148 valence electrons. The molecule has 9 nitrogen and oxygen atoms in total. The summed E-state index contributed by atoms with van der Waals surface area (Å²) in [5, 5.41) is 4.03. The van der Waals surface area contributed by atoms with Crippen molar-refractivity contribution in [3.8, 4) is 0 Å². The van der Waals surface area contributed by atoms with E-state index in [9.17, 15) is 13.2 Å². The van der Waals surface area contributed by atoms with Gasteiger partial charge in [0.25, 0.3) is 0 Å². The zero-order chi connectivity index (χ0) is 19.3. The van der Waals surface area contributed by atoms with Gasteiger partial charge >= 0.3 is 5.76 Å². The Morgan fingerprint density at radius 2 is 2.11 bits per heavy atom. The molecule has 1 saturated heterocycles. The van der Waals surface area contributed by atoms with E-state index in [1.165, 1.54) is 22.5 Å². The molecule has 0 bridgehead atoms. The lowest BCUT2D eigenvalue weighted by molar-refractivity contribution is 0.247. The Morgan fingerprint density at radius 3 is 2.93 bits per heavy atom. The number of rotatable bonds is 5. The van der Waals surface area contributed by atoms with Crippen LogP contribution < -0.4 is 5.76 Å². The molecule has 3 heterocycles. The van der Waals surface area contributed by atoms with E-state index in [0.29, 0.717) is 42.4 Å². The highest BCUT2D eigenvalue weighted by atomic mass is 32.2. The third kappa shape index (κ3) is 3.26. The second-order valence-electron chi connectivity index (χ2n) is 7.57. The van der Waals surface area contributed by atoms with Gasteiger partial charge in [0.05, 0.1) is 10.4 Å². The smallest absolute Gasteiger partial charge is 0.408 e. The van der Waals surface area contributed by atoms with Gasteiger partial charge in [0.2, 0.25) is 15.9 Å². The number of benzene rings is 1. The van der Waals surface area contributed by atoms with Crippen molar-refractivity contribution >= 4 is 21.1 Å². The molecule has 1 aromatic carbocycles. The normalized spacial score (nSPS) is 21.4. The Balaban J connectivity index is 1.34. The summed E-state index contributed by atoms with van der Waals surface area (Å²) in [6, 6.07) is 4.41. The van der Waals surface area contributed by atoms with E-state index >= 15 is 0 Å². The van der Waals surface area contributed by atoms with Crippen LogP contribution in [0.5, 0.6) is 0 Å². The third-order valence-corrected chi connectivity index (χ3v) is 7.26. The Kier molecular flexibility index (Phi) is 4.13. The Bertz CT molecular complexity index is 1170. The van der Waals surface area contributed by atoms with E-state index in [1.807, 2.05) is 0 Å². The van der Waals surface area contributed by atoms with Gasteiger partial charge in [-0.2, -0.15) is 9.29 Å². The molecule has 28 heavy (non-hydrogen) atoms. The molecular formula is C18H20N4O5S. The summed E-state index contributed by atoms with van der Waals surface area (Å²) in [5.41, 5.74) is 0.710. The van der Waals surface area contributed by atoms with Crippen LogP contribution in [0, 0.1) is 5.92 Å². The van der Waals surface area contributed by atoms with Crippen molar-refractivity contribution in [3.05, 3.63) is 40.5 Å². The summed E-state index contributed by atoms with van der Waals surface area (Å²) in [7, 11) is -3.66. The average molecular weight is 404 g/mol. The van der Waals surface area contributed by atoms with E-state index in [0.717, 1.165) is 31.5 Å². The lowest BCUT2D eigenvalue weighted by atomic mass is 9.96. The van der Waals surface area contributed by atoms with Gasteiger partial charge in [0.1, 0.15) is 0 Å². The molecule has 2 aromatic heterocycles. The van der Waals surface area contributed by atoms with Gasteiger partial charge in [-0.3, -0.25) is 4.98 Å². The van der Waals surface area contributed by atoms with Crippen LogP contribution in [0.3, 0.4) is 0 Å². The summed E-state index contributed by atoms with van der Waals surface area (Å²) in [4.78, 5) is 18.4. The number of nitrogens with zero attached hydrogens (tertiary/aromatic N) is 3. The Morgan fingerprint density at radius 1 is 1.25 bits per heavy atom. The molecule has 0 amide bonds. The van der Waals surface area contributed by atoms with Crippen molar-refractivity contribution in [3.63, 3.8) is 0 Å². The van der Waals surface area contributed by atoms with Crippen LogP contribution >= 0.6 is 0 Å². The van der Waals surface area contributed by atoms with E-state index in [4.69, 9.17) is 8.94 Å². The standard InChI is InChI=1S/C18H20N4O5S/c23-18-19-14-9-13(5-6-15(14)26-18)28(24,25)22-7-1-2-11(10-22)8-16-20-17(21-27-16)12-3-4-12/h5-6,9,11-12H,1-4,7-8,10H2,(H,19,23). The van der Waals surface area contributed by atoms with Crippen molar-refractivity contribution in [1.29, 1.82) is 0 Å². The quantitative estimate of drug-likeness (QED) is 0.690. The fourth-order valence-electron chi connectivity index (χ4n) is 3.76. The molecule has 2 aliphatic rings. The fourth-order valence-corrected chi connectivity index (χ4v) is 5.34. The predicted molar refractivity (Wildman–Crippen MR) is 98.3 cm³/mol. The molecule has 10 heteroatoms. The van der Waals surface area contributed by atoms with E-state index in [2.05, 4.69) is 15.1 Å². The topological polar surface area (TPSA) is 122 Å². The van der Waals surface area contributed by atoms with Gasteiger partial charge < -0.3 is 8.94 Å². The van der Waals surface area contributed by atoms with Crippen LogP contribution in [0.1, 0.15) is 43.3 Å². The number of hydrogen-bond donors (Lipinski definition) is 1. The van der Waals surface area contributed by atoms with Gasteiger partial charge in [-0.1, -0.05) is 5.16 Å². The molecule has 1 N–H and O–H groups in total. The summed E-state index contributed by atoms with van der Waals surface area (Å²) in [6.07, 6.45) is 4.50. The van der Waals surface area contributed by atoms with Crippen LogP contribution in [0.4, 0.5) is 0 Å². The number of aromatic amines is 1. The largest absolute Gasteiger partial charge is 0.417 e. The van der Waals surface area contributed by atoms with E-state index in [-0.39, 0.29) is 10.8 Å². The maximum atomic E-state index is 13.1. The van der Waals surface area contributed by atoms with Crippen LogP contribution in [0.2, 0.25) is 0 Å².